The quantitative estimate of drug-likeness (QED) is 0.161. The summed E-state index contributed by atoms with van der Waals surface area (Å²) in [5.74, 6) is 1.30. The van der Waals surface area contributed by atoms with E-state index in [0.717, 1.165) is 21.7 Å². The van der Waals surface area contributed by atoms with Gasteiger partial charge in [0.25, 0.3) is 0 Å². The summed E-state index contributed by atoms with van der Waals surface area (Å²) in [5.41, 5.74) is 4.32. The number of thiazole rings is 1. The number of halogens is 1. The minimum atomic E-state index is -1.27. The highest BCUT2D eigenvalue weighted by Crippen LogP contribution is 2.46. The third-order valence-corrected chi connectivity index (χ3v) is 8.83. The van der Waals surface area contributed by atoms with Gasteiger partial charge in [0.1, 0.15) is 29.1 Å². The fourth-order valence-electron chi connectivity index (χ4n) is 4.32. The first-order valence-corrected chi connectivity index (χ1v) is 17.9. The lowest BCUT2D eigenvalue weighted by Gasteiger charge is -2.16. The molecule has 0 saturated heterocycles. The van der Waals surface area contributed by atoms with Gasteiger partial charge in [0, 0.05) is 38.4 Å². The lowest BCUT2D eigenvalue weighted by Crippen LogP contribution is -2.37. The Morgan fingerprint density at radius 2 is 1.98 bits per heavy atom. The summed E-state index contributed by atoms with van der Waals surface area (Å²) in [6.07, 6.45) is 0.744. The summed E-state index contributed by atoms with van der Waals surface area (Å²) in [6, 6.07) is 4.06. The van der Waals surface area contributed by atoms with Crippen molar-refractivity contribution in [2.45, 2.75) is 38.6 Å². The monoisotopic (exact) mass is 603 g/mol. The van der Waals surface area contributed by atoms with Crippen LogP contribution in [-0.2, 0) is 11.5 Å². The lowest BCUT2D eigenvalue weighted by molar-refractivity contribution is 0.0899. The number of nitrogens with one attached hydrogen (secondary N) is 2. The summed E-state index contributed by atoms with van der Waals surface area (Å²) < 4.78 is 34.3. The average Bonchev–Trinajstić information content (AvgIpc) is 3.52. The molecule has 0 aliphatic heterocycles. The van der Waals surface area contributed by atoms with Crippen molar-refractivity contribution in [3.05, 3.63) is 23.8 Å². The Kier molecular flexibility index (Phi) is 9.79. The standard InChI is InChI=1S/C27H38FN7O4SSi/c1-34(2)13-17(28)12-29-27(36)32-20-9-8-18-19(14-35(25(18)31-20)16-39-10-11-41(5,6)7)21-22(37-3)23-24(30-15-40-23)33-26(21)38-4/h8-9,14-15,17H,10-13,16H2,1-7H3,(H2,29,31,32,36). The molecular weight excluding hydrogens is 565 g/mol. The SMILES string of the molecule is COc1nc2ncsc2c(OC)c1-c1cn(COCC[Si](C)(C)C)c2nc(NC(=O)NCC(F)CN(C)C)ccc12. The van der Waals surface area contributed by atoms with Crippen LogP contribution in [0, 0.1) is 0 Å². The zero-order chi connectivity index (χ0) is 29.7. The molecule has 4 aromatic rings. The molecule has 2 N–H and O–H groups in total. The fourth-order valence-corrected chi connectivity index (χ4v) is 5.83. The predicted molar refractivity (Wildman–Crippen MR) is 164 cm³/mol. The predicted octanol–water partition coefficient (Wildman–Crippen LogP) is 5.06. The van der Waals surface area contributed by atoms with Gasteiger partial charge in [-0.15, -0.1) is 11.3 Å². The Bertz CT molecular complexity index is 1500. The third-order valence-electron chi connectivity index (χ3n) is 6.31. The Morgan fingerprint density at radius 3 is 2.66 bits per heavy atom. The van der Waals surface area contributed by atoms with Crippen molar-refractivity contribution in [1.29, 1.82) is 0 Å². The molecule has 11 nitrogen and oxygen atoms in total. The Morgan fingerprint density at radius 1 is 1.20 bits per heavy atom. The Hall–Kier alpha value is -3.33. The maximum absolute atomic E-state index is 14.1. The third kappa shape index (κ3) is 7.50. The van der Waals surface area contributed by atoms with Crippen LogP contribution in [-0.4, -0.2) is 92.7 Å². The number of alkyl halides is 1. The smallest absolute Gasteiger partial charge is 0.320 e. The largest absolute Gasteiger partial charge is 0.494 e. The molecule has 41 heavy (non-hydrogen) atoms. The molecule has 14 heteroatoms. The highest BCUT2D eigenvalue weighted by atomic mass is 32.1. The van der Waals surface area contributed by atoms with Crippen molar-refractivity contribution in [3.8, 4) is 22.8 Å². The molecule has 4 rings (SSSR count). The maximum Gasteiger partial charge on any atom is 0.320 e. The molecule has 0 spiro atoms. The molecule has 0 fully saturated rings. The summed E-state index contributed by atoms with van der Waals surface area (Å²) >= 11 is 1.44. The van der Waals surface area contributed by atoms with Gasteiger partial charge in [-0.25, -0.2) is 19.2 Å². The first-order valence-electron chi connectivity index (χ1n) is 13.3. The topological polar surface area (TPSA) is 116 Å². The number of pyridine rings is 2. The molecule has 0 radical (unpaired) electrons. The molecule has 1 unspecified atom stereocenters. The van der Waals surface area contributed by atoms with Gasteiger partial charge < -0.3 is 29.0 Å². The maximum atomic E-state index is 14.1. The zero-order valence-corrected chi connectivity index (χ0v) is 26.4. The molecule has 222 valence electrons. The minimum Gasteiger partial charge on any atom is -0.494 e. The van der Waals surface area contributed by atoms with Crippen molar-refractivity contribution in [1.82, 2.24) is 29.7 Å². The van der Waals surface area contributed by atoms with Gasteiger partial charge in [-0.2, -0.15) is 4.98 Å². The molecule has 2 amide bonds. The number of methoxy groups -OCH3 is 2. The fraction of sp³-hybridized carbons (Fsp3) is 0.481. The van der Waals surface area contributed by atoms with Crippen LogP contribution >= 0.6 is 11.3 Å². The molecule has 0 aliphatic carbocycles. The molecular formula is C27H38FN7O4SSi. The van der Waals surface area contributed by atoms with Crippen molar-refractivity contribution in [2.24, 2.45) is 0 Å². The summed E-state index contributed by atoms with van der Waals surface area (Å²) in [4.78, 5) is 27.9. The van der Waals surface area contributed by atoms with Gasteiger partial charge in [-0.3, -0.25) is 5.32 Å². The normalized spacial score (nSPS) is 12.7. The number of amides is 2. The first kappa shape index (κ1) is 30.6. The second kappa shape index (κ2) is 13.1. The number of nitrogens with zero attached hydrogens (tertiary/aromatic N) is 5. The van der Waals surface area contributed by atoms with Gasteiger partial charge in [0.2, 0.25) is 5.88 Å². The molecule has 0 aliphatic rings. The van der Waals surface area contributed by atoms with Crippen molar-refractivity contribution in [2.75, 3.05) is 53.3 Å². The van der Waals surface area contributed by atoms with Gasteiger partial charge >= 0.3 is 6.03 Å². The van der Waals surface area contributed by atoms with E-state index in [2.05, 4.69) is 40.2 Å². The number of hydrogen-bond acceptors (Lipinski definition) is 9. The Balaban J connectivity index is 1.70. The summed E-state index contributed by atoms with van der Waals surface area (Å²) in [6.45, 7) is 7.91. The lowest BCUT2D eigenvalue weighted by atomic mass is 10.1. The number of hydrogen-bond donors (Lipinski definition) is 2. The molecule has 0 bridgehead atoms. The van der Waals surface area contributed by atoms with E-state index in [1.807, 2.05) is 16.8 Å². The number of anilines is 1. The van der Waals surface area contributed by atoms with Crippen LogP contribution in [0.2, 0.25) is 25.7 Å². The summed E-state index contributed by atoms with van der Waals surface area (Å²) in [7, 11) is 5.45. The number of urea groups is 1. The zero-order valence-electron chi connectivity index (χ0n) is 24.6. The van der Waals surface area contributed by atoms with Crippen LogP contribution in [0.25, 0.3) is 32.5 Å². The molecule has 4 aromatic heterocycles. The van der Waals surface area contributed by atoms with E-state index >= 15 is 0 Å². The van der Waals surface area contributed by atoms with Gasteiger partial charge in [0.05, 0.1) is 31.8 Å². The Labute approximate surface area is 244 Å². The van der Waals surface area contributed by atoms with E-state index in [0.29, 0.717) is 40.9 Å². The van der Waals surface area contributed by atoms with Crippen LogP contribution in [0.15, 0.2) is 23.8 Å². The van der Waals surface area contributed by atoms with Crippen molar-refractivity contribution >= 4 is 52.6 Å². The van der Waals surface area contributed by atoms with Crippen LogP contribution in [0.3, 0.4) is 0 Å². The second-order valence-corrected chi connectivity index (χ2v) is 17.6. The van der Waals surface area contributed by atoms with Crippen LogP contribution < -0.4 is 20.1 Å². The van der Waals surface area contributed by atoms with E-state index in [9.17, 15) is 9.18 Å². The van der Waals surface area contributed by atoms with Crippen LogP contribution in [0.1, 0.15) is 0 Å². The van der Waals surface area contributed by atoms with Gasteiger partial charge in [-0.05, 0) is 32.3 Å². The van der Waals surface area contributed by atoms with E-state index in [4.69, 9.17) is 19.2 Å². The number of fused-ring (bicyclic) bond motifs is 2. The number of rotatable bonds is 13. The number of carbonyl (C=O) groups is 1. The van der Waals surface area contributed by atoms with E-state index in [1.165, 1.54) is 11.3 Å². The molecule has 0 saturated carbocycles. The van der Waals surface area contributed by atoms with Gasteiger partial charge in [0.15, 0.2) is 11.4 Å². The summed E-state index contributed by atoms with van der Waals surface area (Å²) in [5, 5.41) is 6.07. The second-order valence-electron chi connectivity index (χ2n) is 11.2. The van der Waals surface area contributed by atoms with E-state index < -0.39 is 20.3 Å². The average molecular weight is 604 g/mol. The number of carbonyl (C=O) groups excluding carboxylic acids is 1. The highest BCUT2D eigenvalue weighted by Gasteiger charge is 2.25. The van der Waals surface area contributed by atoms with E-state index in [1.54, 1.807) is 44.8 Å². The van der Waals surface area contributed by atoms with Crippen molar-refractivity contribution in [3.63, 3.8) is 0 Å². The van der Waals surface area contributed by atoms with Crippen molar-refractivity contribution < 1.29 is 23.4 Å². The number of ether oxygens (including phenoxy) is 3. The molecule has 1 atom stereocenters. The minimum absolute atomic E-state index is 0.107. The van der Waals surface area contributed by atoms with Crippen LogP contribution in [0.5, 0.6) is 11.6 Å². The number of aromatic nitrogens is 4. The first-order chi connectivity index (χ1) is 19.5. The van der Waals surface area contributed by atoms with Gasteiger partial charge in [-0.1, -0.05) is 19.6 Å². The highest BCUT2D eigenvalue weighted by molar-refractivity contribution is 7.17. The molecule has 0 aromatic carbocycles. The molecule has 4 heterocycles. The van der Waals surface area contributed by atoms with E-state index in [-0.39, 0.29) is 19.8 Å². The van der Waals surface area contributed by atoms with Crippen LogP contribution in [0.4, 0.5) is 15.0 Å².